The van der Waals surface area contributed by atoms with E-state index < -0.39 is 0 Å². The molecule has 1 saturated heterocycles. The van der Waals surface area contributed by atoms with Gasteiger partial charge in [0.1, 0.15) is 11.6 Å². The molecule has 0 aliphatic carbocycles. The van der Waals surface area contributed by atoms with Gasteiger partial charge in [-0.1, -0.05) is 24.3 Å². The summed E-state index contributed by atoms with van der Waals surface area (Å²) in [7, 11) is 1.67. The molecule has 1 aliphatic heterocycles. The predicted molar refractivity (Wildman–Crippen MR) is 96.2 cm³/mol. The Balaban J connectivity index is 1.66. The van der Waals surface area contributed by atoms with Crippen LogP contribution in [0, 0.1) is 5.82 Å². The smallest absolute Gasteiger partial charge is 0.123 e. The largest absolute Gasteiger partial charge is 0.497 e. The average molecular weight is 344 g/mol. The van der Waals surface area contributed by atoms with Crippen molar-refractivity contribution in [3.05, 3.63) is 65.5 Å². The van der Waals surface area contributed by atoms with E-state index in [1.165, 1.54) is 11.6 Å². The van der Waals surface area contributed by atoms with Crippen molar-refractivity contribution in [1.29, 1.82) is 0 Å². The third-order valence-corrected chi connectivity index (χ3v) is 4.52. The van der Waals surface area contributed by atoms with E-state index in [1.807, 2.05) is 24.3 Å². The van der Waals surface area contributed by atoms with Crippen LogP contribution in [0.25, 0.3) is 0 Å². The van der Waals surface area contributed by atoms with Crippen LogP contribution in [0.4, 0.5) is 4.39 Å². The average Bonchev–Trinajstić information content (AvgIpc) is 2.66. The summed E-state index contributed by atoms with van der Waals surface area (Å²) < 4.78 is 24.4. The normalized spacial score (nSPS) is 16.6. The number of hydrogen-bond donors (Lipinski definition) is 1. The maximum absolute atomic E-state index is 13.7. The SMILES string of the molecule is COc1cccc(CNCC(c2cccc(F)c2)N2CCOCC2)c1. The maximum atomic E-state index is 13.7. The van der Waals surface area contributed by atoms with Gasteiger partial charge in [-0.2, -0.15) is 0 Å². The molecule has 0 saturated carbocycles. The van der Waals surface area contributed by atoms with Crippen LogP contribution in [0.3, 0.4) is 0 Å². The number of halogens is 1. The minimum atomic E-state index is -0.191. The van der Waals surface area contributed by atoms with Gasteiger partial charge in [0.2, 0.25) is 0 Å². The topological polar surface area (TPSA) is 33.7 Å². The fourth-order valence-electron chi connectivity index (χ4n) is 3.20. The van der Waals surface area contributed by atoms with Crippen molar-refractivity contribution in [2.75, 3.05) is 40.0 Å². The second kappa shape index (κ2) is 8.94. The highest BCUT2D eigenvalue weighted by molar-refractivity contribution is 5.28. The second-order valence-corrected chi connectivity index (χ2v) is 6.20. The van der Waals surface area contributed by atoms with E-state index in [1.54, 1.807) is 19.2 Å². The summed E-state index contributed by atoms with van der Waals surface area (Å²) >= 11 is 0. The number of hydrogen-bond acceptors (Lipinski definition) is 4. The van der Waals surface area contributed by atoms with E-state index >= 15 is 0 Å². The van der Waals surface area contributed by atoms with Gasteiger partial charge in [0.15, 0.2) is 0 Å². The molecule has 1 heterocycles. The number of nitrogens with zero attached hydrogens (tertiary/aromatic N) is 1. The molecule has 3 rings (SSSR count). The summed E-state index contributed by atoms with van der Waals surface area (Å²) in [6, 6.07) is 15.0. The molecule has 1 unspecified atom stereocenters. The molecule has 0 radical (unpaired) electrons. The molecule has 1 fully saturated rings. The monoisotopic (exact) mass is 344 g/mol. The van der Waals surface area contributed by atoms with E-state index in [2.05, 4.69) is 16.3 Å². The summed E-state index contributed by atoms with van der Waals surface area (Å²) in [6.07, 6.45) is 0. The van der Waals surface area contributed by atoms with Crippen LogP contribution in [0.5, 0.6) is 5.75 Å². The highest BCUT2D eigenvalue weighted by atomic mass is 19.1. The summed E-state index contributed by atoms with van der Waals surface area (Å²) in [6.45, 7) is 4.67. The van der Waals surface area contributed by atoms with Crippen molar-refractivity contribution in [2.45, 2.75) is 12.6 Å². The number of methoxy groups -OCH3 is 1. The summed E-state index contributed by atoms with van der Waals surface area (Å²) in [5.74, 6) is 0.665. The van der Waals surface area contributed by atoms with Crippen LogP contribution in [-0.4, -0.2) is 44.9 Å². The third-order valence-electron chi connectivity index (χ3n) is 4.52. The minimum absolute atomic E-state index is 0.130. The van der Waals surface area contributed by atoms with Crippen molar-refractivity contribution in [1.82, 2.24) is 10.2 Å². The molecule has 0 aromatic heterocycles. The Morgan fingerprint density at radius 1 is 1.16 bits per heavy atom. The number of rotatable bonds is 7. The van der Waals surface area contributed by atoms with Crippen molar-refractivity contribution < 1.29 is 13.9 Å². The molecular weight excluding hydrogens is 319 g/mol. The molecule has 134 valence electrons. The first kappa shape index (κ1) is 17.9. The van der Waals surface area contributed by atoms with Crippen LogP contribution in [0.2, 0.25) is 0 Å². The quantitative estimate of drug-likeness (QED) is 0.837. The summed E-state index contributed by atoms with van der Waals surface area (Å²) in [4.78, 5) is 2.36. The van der Waals surface area contributed by atoms with Crippen LogP contribution in [0.1, 0.15) is 17.2 Å². The van der Waals surface area contributed by atoms with Gasteiger partial charge in [-0.25, -0.2) is 4.39 Å². The second-order valence-electron chi connectivity index (χ2n) is 6.20. The van der Waals surface area contributed by atoms with Crippen molar-refractivity contribution in [3.8, 4) is 5.75 Å². The zero-order valence-electron chi connectivity index (χ0n) is 14.6. The Bertz CT molecular complexity index is 674. The van der Waals surface area contributed by atoms with Gasteiger partial charge in [0.05, 0.1) is 20.3 Å². The summed E-state index contributed by atoms with van der Waals surface area (Å²) in [5.41, 5.74) is 2.17. The van der Waals surface area contributed by atoms with Gasteiger partial charge in [-0.3, -0.25) is 4.90 Å². The number of ether oxygens (including phenoxy) is 2. The first-order valence-corrected chi connectivity index (χ1v) is 8.67. The van der Waals surface area contributed by atoms with Gasteiger partial charge in [0, 0.05) is 32.2 Å². The van der Waals surface area contributed by atoms with Gasteiger partial charge in [0.25, 0.3) is 0 Å². The standard InChI is InChI=1S/C20H25FN2O2/c1-24-19-7-2-4-16(12-19)14-22-15-20(23-8-10-25-11-9-23)17-5-3-6-18(21)13-17/h2-7,12-13,20,22H,8-11,14-15H2,1H3. The van der Waals surface area contributed by atoms with Crippen LogP contribution < -0.4 is 10.1 Å². The van der Waals surface area contributed by atoms with E-state index in [0.717, 1.165) is 50.7 Å². The Kier molecular flexibility index (Phi) is 6.39. The molecule has 1 atom stereocenters. The number of nitrogens with one attached hydrogen (secondary N) is 1. The minimum Gasteiger partial charge on any atom is -0.497 e. The van der Waals surface area contributed by atoms with E-state index in [0.29, 0.717) is 0 Å². The molecular formula is C20H25FN2O2. The van der Waals surface area contributed by atoms with Crippen LogP contribution >= 0.6 is 0 Å². The molecule has 4 nitrogen and oxygen atoms in total. The van der Waals surface area contributed by atoms with Crippen LogP contribution in [0.15, 0.2) is 48.5 Å². The fourth-order valence-corrected chi connectivity index (χ4v) is 3.20. The molecule has 0 spiro atoms. The van der Waals surface area contributed by atoms with Gasteiger partial charge in [-0.15, -0.1) is 0 Å². The first-order chi connectivity index (χ1) is 12.3. The molecule has 0 bridgehead atoms. The van der Waals surface area contributed by atoms with Gasteiger partial charge in [-0.05, 0) is 35.4 Å². The molecule has 1 N–H and O–H groups in total. The lowest BCUT2D eigenvalue weighted by molar-refractivity contribution is 0.0160. The van der Waals surface area contributed by atoms with Gasteiger partial charge < -0.3 is 14.8 Å². The molecule has 25 heavy (non-hydrogen) atoms. The fraction of sp³-hybridized carbons (Fsp3) is 0.400. The highest BCUT2D eigenvalue weighted by Gasteiger charge is 2.22. The Hall–Kier alpha value is -1.95. The maximum Gasteiger partial charge on any atom is 0.123 e. The van der Waals surface area contributed by atoms with Crippen molar-refractivity contribution in [2.24, 2.45) is 0 Å². The van der Waals surface area contributed by atoms with Crippen molar-refractivity contribution >= 4 is 0 Å². The third kappa shape index (κ3) is 5.01. The number of morpholine rings is 1. The molecule has 2 aromatic carbocycles. The predicted octanol–water partition coefficient (Wildman–Crippen LogP) is 3.00. The van der Waals surface area contributed by atoms with E-state index in [-0.39, 0.29) is 11.9 Å². The van der Waals surface area contributed by atoms with Crippen molar-refractivity contribution in [3.63, 3.8) is 0 Å². The Morgan fingerprint density at radius 2 is 1.96 bits per heavy atom. The molecule has 1 aliphatic rings. The van der Waals surface area contributed by atoms with E-state index in [9.17, 15) is 4.39 Å². The van der Waals surface area contributed by atoms with Crippen LogP contribution in [-0.2, 0) is 11.3 Å². The Morgan fingerprint density at radius 3 is 2.72 bits per heavy atom. The Labute approximate surface area is 148 Å². The lowest BCUT2D eigenvalue weighted by atomic mass is 10.0. The lowest BCUT2D eigenvalue weighted by Gasteiger charge is -2.35. The molecule has 5 heteroatoms. The summed E-state index contributed by atoms with van der Waals surface area (Å²) in [5, 5.41) is 3.51. The zero-order valence-corrected chi connectivity index (χ0v) is 14.6. The lowest BCUT2D eigenvalue weighted by Crippen LogP contribution is -2.42. The van der Waals surface area contributed by atoms with E-state index in [4.69, 9.17) is 9.47 Å². The molecule has 2 aromatic rings. The van der Waals surface area contributed by atoms with Gasteiger partial charge >= 0.3 is 0 Å². The first-order valence-electron chi connectivity index (χ1n) is 8.67. The highest BCUT2D eigenvalue weighted by Crippen LogP contribution is 2.22. The zero-order chi connectivity index (χ0) is 17.5. The molecule has 0 amide bonds. The number of benzene rings is 2.